The number of aliphatic hydroxyl groups excluding tert-OH is 1. The minimum Gasteiger partial charge on any atom is -0.443 e. The van der Waals surface area contributed by atoms with Gasteiger partial charge in [-0.1, -0.05) is 48.5 Å². The number of rotatable bonds is 5. The molecule has 0 aromatic carbocycles. The van der Waals surface area contributed by atoms with Crippen molar-refractivity contribution in [2.24, 2.45) is 56.7 Å². The van der Waals surface area contributed by atoms with Crippen LogP contribution in [0.2, 0.25) is 0 Å². The summed E-state index contributed by atoms with van der Waals surface area (Å²) >= 11 is 0. The van der Waals surface area contributed by atoms with Crippen LogP contribution in [0.4, 0.5) is 4.79 Å². The second kappa shape index (κ2) is 10.8. The van der Waals surface area contributed by atoms with Crippen molar-refractivity contribution < 1.29 is 28.8 Å². The number of nitrogens with zero attached hydrogens (tertiary/aromatic N) is 1. The largest absolute Gasteiger partial charge is 0.443 e. The fourth-order valence-electron chi connectivity index (χ4n) is 13.9. The number of aliphatic hydroxyl groups is 1. The maximum Gasteiger partial charge on any atom is 0.410 e. The smallest absolute Gasteiger partial charge is 0.410 e. The molecule has 8 heteroatoms. The zero-order chi connectivity index (χ0) is 32.4. The van der Waals surface area contributed by atoms with E-state index in [2.05, 4.69) is 53.8 Å². The highest BCUT2D eigenvalue weighted by Gasteiger charge is 2.84. The third kappa shape index (κ3) is 4.18. The number of hydrogen-bond donors (Lipinski definition) is 2. The summed E-state index contributed by atoms with van der Waals surface area (Å²) < 4.78 is 25.9. The molecule has 5 saturated carbocycles. The Balaban J connectivity index is 1.04. The van der Waals surface area contributed by atoms with Crippen molar-refractivity contribution in [1.82, 2.24) is 10.2 Å². The Hall–Kier alpha value is -0.930. The maximum atomic E-state index is 12.9. The van der Waals surface area contributed by atoms with Gasteiger partial charge in [0.2, 0.25) is 0 Å². The van der Waals surface area contributed by atoms with Crippen LogP contribution in [0.5, 0.6) is 0 Å². The van der Waals surface area contributed by atoms with E-state index in [0.29, 0.717) is 34.5 Å². The van der Waals surface area contributed by atoms with E-state index in [-0.39, 0.29) is 59.0 Å². The van der Waals surface area contributed by atoms with E-state index >= 15 is 0 Å². The highest BCUT2D eigenvalue weighted by molar-refractivity contribution is 5.68. The number of nitrogens with one attached hydrogen (secondary N) is 1. The van der Waals surface area contributed by atoms with Crippen molar-refractivity contribution in [3.05, 3.63) is 0 Å². The number of carbonyl (C=O) groups excluding carboxylic acids is 1. The predicted octanol–water partition coefficient (Wildman–Crippen LogP) is 6.00. The lowest BCUT2D eigenvalue weighted by Gasteiger charge is -2.63. The summed E-state index contributed by atoms with van der Waals surface area (Å²) in [5.74, 6) is 2.02. The number of ether oxygens (including phenoxy) is 4. The Kier molecular flexibility index (Phi) is 7.57. The van der Waals surface area contributed by atoms with Crippen molar-refractivity contribution in [2.45, 2.75) is 143 Å². The fourth-order valence-corrected chi connectivity index (χ4v) is 13.9. The van der Waals surface area contributed by atoms with E-state index in [1.165, 1.54) is 38.5 Å². The number of hydrogen-bond acceptors (Lipinski definition) is 7. The molecule has 3 aliphatic heterocycles. The lowest BCUT2D eigenvalue weighted by Crippen LogP contribution is -2.60. The molecule has 14 unspecified atom stereocenters. The topological polar surface area (TPSA) is 89.5 Å². The van der Waals surface area contributed by atoms with Crippen molar-refractivity contribution in [1.29, 1.82) is 0 Å². The Morgan fingerprint density at radius 1 is 1.02 bits per heavy atom. The first kappa shape index (κ1) is 32.3. The van der Waals surface area contributed by atoms with Crippen molar-refractivity contribution in [3.63, 3.8) is 0 Å². The Morgan fingerprint density at radius 2 is 1.76 bits per heavy atom. The van der Waals surface area contributed by atoms with Crippen molar-refractivity contribution in [2.75, 3.05) is 32.8 Å². The molecule has 46 heavy (non-hydrogen) atoms. The third-order valence-electron chi connectivity index (χ3n) is 16.3. The number of morpholine rings is 1. The molecule has 2 spiro atoms. The van der Waals surface area contributed by atoms with Gasteiger partial charge < -0.3 is 34.3 Å². The second-order valence-corrected chi connectivity index (χ2v) is 18.6. The summed E-state index contributed by atoms with van der Waals surface area (Å²) in [5.41, 5.74) is 0.614. The average Bonchev–Trinajstić information content (AvgIpc) is 3.61. The molecule has 0 aromatic heterocycles. The Labute approximate surface area is 277 Å². The normalized spacial score (nSPS) is 52.7. The molecule has 260 valence electrons. The number of likely N-dealkylation sites (tertiary alicyclic amines) is 1. The van der Waals surface area contributed by atoms with Gasteiger partial charge in [0, 0.05) is 31.6 Å². The molecule has 3 heterocycles. The molecule has 8 aliphatic rings. The number of fused-ring (bicyclic) bond motifs is 4. The first-order chi connectivity index (χ1) is 21.8. The molecule has 0 bridgehead atoms. The molecule has 3 saturated heterocycles. The molecule has 8 fully saturated rings. The molecule has 8 nitrogen and oxygen atoms in total. The van der Waals surface area contributed by atoms with Crippen LogP contribution in [0.15, 0.2) is 0 Å². The average molecular weight is 643 g/mol. The summed E-state index contributed by atoms with van der Waals surface area (Å²) in [4.78, 5) is 14.7. The van der Waals surface area contributed by atoms with E-state index < -0.39 is 6.10 Å². The van der Waals surface area contributed by atoms with Crippen molar-refractivity contribution in [3.8, 4) is 0 Å². The maximum absolute atomic E-state index is 12.9. The van der Waals surface area contributed by atoms with Gasteiger partial charge >= 0.3 is 6.09 Å². The van der Waals surface area contributed by atoms with Crippen LogP contribution in [0.25, 0.3) is 0 Å². The van der Waals surface area contributed by atoms with E-state index in [0.717, 1.165) is 52.0 Å². The third-order valence-corrected chi connectivity index (χ3v) is 16.3. The minimum absolute atomic E-state index is 0.0246. The van der Waals surface area contributed by atoms with E-state index in [9.17, 15) is 9.90 Å². The van der Waals surface area contributed by atoms with Gasteiger partial charge in [0.1, 0.15) is 6.10 Å². The van der Waals surface area contributed by atoms with E-state index in [1.807, 2.05) is 0 Å². The number of carbonyl (C=O) groups is 1. The lowest BCUT2D eigenvalue weighted by atomic mass is 9.41. The van der Waals surface area contributed by atoms with Crippen LogP contribution in [0.3, 0.4) is 0 Å². The van der Waals surface area contributed by atoms with Gasteiger partial charge in [-0.05, 0) is 109 Å². The molecular weight excluding hydrogens is 580 g/mol. The van der Waals surface area contributed by atoms with Gasteiger partial charge in [-0.15, -0.1) is 0 Å². The van der Waals surface area contributed by atoms with Gasteiger partial charge in [0.15, 0.2) is 6.29 Å². The monoisotopic (exact) mass is 642 g/mol. The Morgan fingerprint density at radius 3 is 2.43 bits per heavy atom. The van der Waals surface area contributed by atoms with E-state index in [1.54, 1.807) is 4.90 Å². The zero-order valence-corrected chi connectivity index (χ0v) is 29.7. The highest BCUT2D eigenvalue weighted by atomic mass is 16.7. The molecule has 0 aromatic rings. The number of amides is 1. The predicted molar refractivity (Wildman–Crippen MR) is 175 cm³/mol. The van der Waals surface area contributed by atoms with Crippen LogP contribution in [-0.2, 0) is 18.9 Å². The van der Waals surface area contributed by atoms with Crippen LogP contribution in [-0.4, -0.2) is 85.7 Å². The molecule has 0 radical (unpaired) electrons. The molecule has 14 atom stereocenters. The van der Waals surface area contributed by atoms with Crippen LogP contribution >= 0.6 is 0 Å². The first-order valence-corrected chi connectivity index (χ1v) is 19.1. The molecule has 5 aliphatic carbocycles. The van der Waals surface area contributed by atoms with Gasteiger partial charge in [0.05, 0.1) is 31.0 Å². The summed E-state index contributed by atoms with van der Waals surface area (Å²) in [6, 6.07) is 0. The fraction of sp³-hybridized carbons (Fsp3) is 0.974. The summed E-state index contributed by atoms with van der Waals surface area (Å²) in [6.07, 6.45) is 9.16. The second-order valence-electron chi connectivity index (χ2n) is 18.6. The summed E-state index contributed by atoms with van der Waals surface area (Å²) in [6.45, 7) is 20.6. The molecule has 2 N–H and O–H groups in total. The van der Waals surface area contributed by atoms with Gasteiger partial charge in [-0.3, -0.25) is 0 Å². The van der Waals surface area contributed by atoms with Crippen LogP contribution in [0.1, 0.15) is 106 Å². The van der Waals surface area contributed by atoms with Gasteiger partial charge in [0.25, 0.3) is 0 Å². The summed E-state index contributed by atoms with van der Waals surface area (Å²) in [7, 11) is 0. The van der Waals surface area contributed by atoms with Crippen molar-refractivity contribution >= 4 is 6.09 Å². The minimum atomic E-state index is -0.508. The standard InChI is InChI=1S/C38H62N2O6/c1-22(2)30(46-33(42)40-16-8-17-40)24-19-23(3)29-31(44-24)32(41)36(7)26-10-9-25-34(4,5)27(45-28-20-39-15-18-43-28)11-12-37(25)21-38(26,37)14-13-35(29,36)6/h22-32,39,41H,8-21H2,1-7H3. The molecule has 1 amide bonds. The quantitative estimate of drug-likeness (QED) is 0.381. The van der Waals surface area contributed by atoms with Gasteiger partial charge in [-0.2, -0.15) is 0 Å². The molecular formula is C38H62N2O6. The zero-order valence-electron chi connectivity index (χ0n) is 29.7. The Bertz CT molecular complexity index is 1200. The van der Waals surface area contributed by atoms with Crippen LogP contribution < -0.4 is 5.32 Å². The molecule has 8 rings (SSSR count). The SMILES string of the molecule is CC(C)C(OC(=O)N1CCC1)C1CC(C)C2C(O1)C(O)C1(C)C3CCC4C(C)(C)C(OC5CNCCO5)CCC45CC35CCC21C. The van der Waals surface area contributed by atoms with Crippen LogP contribution in [0, 0.1) is 56.7 Å². The summed E-state index contributed by atoms with van der Waals surface area (Å²) in [5, 5.41) is 16.1. The highest BCUT2D eigenvalue weighted by Crippen LogP contribution is 2.89. The van der Waals surface area contributed by atoms with Gasteiger partial charge in [-0.25, -0.2) is 4.79 Å². The van der Waals surface area contributed by atoms with E-state index in [4.69, 9.17) is 18.9 Å². The lowest BCUT2D eigenvalue weighted by molar-refractivity contribution is -0.237. The first-order valence-electron chi connectivity index (χ1n) is 19.1.